The summed E-state index contributed by atoms with van der Waals surface area (Å²) in [5, 5.41) is 4.70. The fraction of sp³-hybridized carbons (Fsp3) is 0.250. The van der Waals surface area contributed by atoms with E-state index in [1.807, 2.05) is 0 Å². The number of carbonyl (C=O) groups is 3. The third kappa shape index (κ3) is 3.63. The topological polar surface area (TPSA) is 87.7 Å². The van der Waals surface area contributed by atoms with E-state index >= 15 is 0 Å². The monoisotopic (exact) mass is 403 g/mol. The predicted octanol–water partition coefficient (Wildman–Crippen LogP) is 2.77. The molecule has 4 amide bonds. The second-order valence-corrected chi connectivity index (χ2v) is 6.45. The van der Waals surface area contributed by atoms with Gasteiger partial charge in [0.05, 0.1) is 7.11 Å². The molecule has 1 unspecified atom stereocenters. The summed E-state index contributed by atoms with van der Waals surface area (Å²) in [5.74, 6) is -2.87. The summed E-state index contributed by atoms with van der Waals surface area (Å²) >= 11 is 0. The maximum atomic E-state index is 13.7. The minimum Gasteiger partial charge on any atom is -0.497 e. The number of para-hydroxylation sites is 1. The Bertz CT molecular complexity index is 944. The van der Waals surface area contributed by atoms with Crippen molar-refractivity contribution in [2.75, 3.05) is 19.0 Å². The average Bonchev–Trinajstić information content (AvgIpc) is 2.96. The largest absolute Gasteiger partial charge is 0.497 e. The summed E-state index contributed by atoms with van der Waals surface area (Å²) in [4.78, 5) is 38.4. The molecule has 0 bridgehead atoms. The van der Waals surface area contributed by atoms with Crippen LogP contribution in [-0.4, -0.2) is 36.4 Å². The Kier molecular flexibility index (Phi) is 5.49. The molecular formula is C20H19F2N3O4. The standard InChI is InChI=1S/C20H19F2N3O4/c1-3-20(12-7-9-13(29-2)10-8-12)18(27)25(19(28)24-20)11-16(26)23-17-14(21)5-4-6-15(17)22/h4-10H,3,11H2,1-2H3,(H,23,26)(H,24,28). The normalized spacial score (nSPS) is 18.6. The summed E-state index contributed by atoms with van der Waals surface area (Å²) < 4.78 is 32.5. The van der Waals surface area contributed by atoms with Gasteiger partial charge in [0.1, 0.15) is 35.2 Å². The quantitative estimate of drug-likeness (QED) is 0.726. The number of anilines is 1. The minimum atomic E-state index is -1.34. The van der Waals surface area contributed by atoms with Crippen LogP contribution in [0, 0.1) is 11.6 Å². The maximum absolute atomic E-state index is 13.7. The molecule has 0 aliphatic carbocycles. The van der Waals surface area contributed by atoms with Crippen LogP contribution in [0.5, 0.6) is 5.75 Å². The van der Waals surface area contributed by atoms with Crippen molar-refractivity contribution in [1.29, 1.82) is 0 Å². The zero-order valence-corrected chi connectivity index (χ0v) is 15.8. The molecule has 2 aromatic carbocycles. The number of methoxy groups -OCH3 is 1. The Morgan fingerprint density at radius 3 is 2.31 bits per heavy atom. The highest BCUT2D eigenvalue weighted by molar-refractivity contribution is 6.10. The number of carbonyl (C=O) groups excluding carboxylic acids is 3. The zero-order chi connectivity index (χ0) is 21.2. The van der Waals surface area contributed by atoms with E-state index in [9.17, 15) is 23.2 Å². The smallest absolute Gasteiger partial charge is 0.325 e. The summed E-state index contributed by atoms with van der Waals surface area (Å²) in [5.41, 5.74) is -1.45. The molecule has 1 atom stereocenters. The first kappa shape index (κ1) is 20.2. The van der Waals surface area contributed by atoms with Crippen LogP contribution in [0.15, 0.2) is 42.5 Å². The van der Waals surface area contributed by atoms with Crippen molar-refractivity contribution in [2.24, 2.45) is 0 Å². The molecule has 152 valence electrons. The molecule has 0 aromatic heterocycles. The Morgan fingerprint density at radius 2 is 1.76 bits per heavy atom. The number of halogens is 2. The van der Waals surface area contributed by atoms with Gasteiger partial charge < -0.3 is 15.4 Å². The fourth-order valence-corrected chi connectivity index (χ4v) is 3.22. The molecule has 0 saturated carbocycles. The number of benzene rings is 2. The average molecular weight is 403 g/mol. The lowest BCUT2D eigenvalue weighted by atomic mass is 9.87. The Labute approximate surface area is 165 Å². The van der Waals surface area contributed by atoms with Crippen molar-refractivity contribution in [3.8, 4) is 5.75 Å². The van der Waals surface area contributed by atoms with Crippen molar-refractivity contribution < 1.29 is 27.9 Å². The van der Waals surface area contributed by atoms with Gasteiger partial charge in [-0.15, -0.1) is 0 Å². The second-order valence-electron chi connectivity index (χ2n) is 6.45. The first-order chi connectivity index (χ1) is 13.8. The number of amides is 4. The highest BCUT2D eigenvalue weighted by Crippen LogP contribution is 2.33. The molecule has 1 heterocycles. The molecule has 1 saturated heterocycles. The fourth-order valence-electron chi connectivity index (χ4n) is 3.22. The van der Waals surface area contributed by atoms with Gasteiger partial charge in [0.15, 0.2) is 0 Å². The van der Waals surface area contributed by atoms with Gasteiger partial charge in [-0.25, -0.2) is 13.6 Å². The van der Waals surface area contributed by atoms with Gasteiger partial charge in [-0.2, -0.15) is 0 Å². The molecule has 7 nitrogen and oxygen atoms in total. The van der Waals surface area contributed by atoms with Crippen LogP contribution in [0.2, 0.25) is 0 Å². The van der Waals surface area contributed by atoms with Crippen molar-refractivity contribution in [3.05, 3.63) is 59.7 Å². The highest BCUT2D eigenvalue weighted by Gasteiger charge is 2.51. The van der Waals surface area contributed by atoms with Gasteiger partial charge in [0.25, 0.3) is 5.91 Å². The molecule has 2 N–H and O–H groups in total. The number of nitrogens with zero attached hydrogens (tertiary/aromatic N) is 1. The first-order valence-corrected chi connectivity index (χ1v) is 8.85. The van der Waals surface area contributed by atoms with Gasteiger partial charge in [-0.3, -0.25) is 14.5 Å². The third-order valence-corrected chi connectivity index (χ3v) is 4.82. The van der Waals surface area contributed by atoms with E-state index < -0.39 is 47.3 Å². The van der Waals surface area contributed by atoms with Crippen molar-refractivity contribution >= 4 is 23.5 Å². The van der Waals surface area contributed by atoms with Gasteiger partial charge in [0, 0.05) is 0 Å². The van der Waals surface area contributed by atoms with E-state index in [1.165, 1.54) is 7.11 Å². The zero-order valence-electron chi connectivity index (χ0n) is 15.8. The first-order valence-electron chi connectivity index (χ1n) is 8.85. The molecule has 0 spiro atoms. The van der Waals surface area contributed by atoms with Crippen LogP contribution >= 0.6 is 0 Å². The van der Waals surface area contributed by atoms with Crippen LogP contribution in [0.25, 0.3) is 0 Å². The summed E-state index contributed by atoms with van der Waals surface area (Å²) in [6, 6.07) is 8.97. The number of nitrogens with one attached hydrogen (secondary N) is 2. The maximum Gasteiger partial charge on any atom is 0.325 e. The number of hydrogen-bond acceptors (Lipinski definition) is 4. The molecule has 3 rings (SSSR count). The second kappa shape index (κ2) is 7.86. The Hall–Kier alpha value is -3.49. The SMILES string of the molecule is CCC1(c2ccc(OC)cc2)NC(=O)N(CC(=O)Nc2c(F)cccc2F)C1=O. The van der Waals surface area contributed by atoms with Crippen LogP contribution in [-0.2, 0) is 15.1 Å². The van der Waals surface area contributed by atoms with Gasteiger partial charge in [-0.1, -0.05) is 25.1 Å². The Balaban J connectivity index is 1.81. The van der Waals surface area contributed by atoms with Gasteiger partial charge in [-0.05, 0) is 36.2 Å². The van der Waals surface area contributed by atoms with E-state index in [4.69, 9.17) is 4.74 Å². The number of ether oxygens (including phenoxy) is 1. The number of imide groups is 1. The van der Waals surface area contributed by atoms with Crippen molar-refractivity contribution in [3.63, 3.8) is 0 Å². The van der Waals surface area contributed by atoms with E-state index in [2.05, 4.69) is 10.6 Å². The number of rotatable bonds is 6. The van der Waals surface area contributed by atoms with Crippen molar-refractivity contribution in [1.82, 2.24) is 10.2 Å². The molecule has 1 fully saturated rings. The summed E-state index contributed by atoms with van der Waals surface area (Å²) in [7, 11) is 1.51. The van der Waals surface area contributed by atoms with Crippen LogP contribution < -0.4 is 15.4 Å². The lowest BCUT2D eigenvalue weighted by Gasteiger charge is -2.26. The molecule has 0 radical (unpaired) electrons. The van der Waals surface area contributed by atoms with E-state index in [0.717, 1.165) is 23.1 Å². The third-order valence-electron chi connectivity index (χ3n) is 4.82. The highest BCUT2D eigenvalue weighted by atomic mass is 19.1. The van der Waals surface area contributed by atoms with Crippen LogP contribution in [0.4, 0.5) is 19.3 Å². The molecule has 2 aromatic rings. The number of hydrogen-bond donors (Lipinski definition) is 2. The molecule has 1 aliphatic heterocycles. The van der Waals surface area contributed by atoms with E-state index in [0.29, 0.717) is 11.3 Å². The van der Waals surface area contributed by atoms with E-state index in [1.54, 1.807) is 31.2 Å². The van der Waals surface area contributed by atoms with Gasteiger partial charge in [0.2, 0.25) is 5.91 Å². The van der Waals surface area contributed by atoms with Crippen molar-refractivity contribution in [2.45, 2.75) is 18.9 Å². The summed E-state index contributed by atoms with van der Waals surface area (Å²) in [6.07, 6.45) is 0.240. The lowest BCUT2D eigenvalue weighted by molar-refractivity contribution is -0.134. The Morgan fingerprint density at radius 1 is 1.14 bits per heavy atom. The number of urea groups is 1. The van der Waals surface area contributed by atoms with Gasteiger partial charge >= 0.3 is 6.03 Å². The minimum absolute atomic E-state index is 0.240. The van der Waals surface area contributed by atoms with E-state index in [-0.39, 0.29) is 6.42 Å². The molecule has 29 heavy (non-hydrogen) atoms. The molecule has 1 aliphatic rings. The van der Waals surface area contributed by atoms with Crippen LogP contribution in [0.1, 0.15) is 18.9 Å². The lowest BCUT2D eigenvalue weighted by Crippen LogP contribution is -2.44. The predicted molar refractivity (Wildman–Crippen MR) is 100 cm³/mol. The summed E-state index contributed by atoms with van der Waals surface area (Å²) in [6.45, 7) is 1.04. The molecular weight excluding hydrogens is 384 g/mol. The molecule has 9 heteroatoms. The van der Waals surface area contributed by atoms with Crippen LogP contribution in [0.3, 0.4) is 0 Å².